The van der Waals surface area contributed by atoms with Crippen molar-refractivity contribution in [1.29, 1.82) is 0 Å². The highest BCUT2D eigenvalue weighted by atomic mass is 127. The molecule has 0 aliphatic heterocycles. The average molecular weight is 394 g/mol. The molecule has 2 atom stereocenters. The van der Waals surface area contributed by atoms with Crippen LogP contribution in [0.15, 0.2) is 10.4 Å². The summed E-state index contributed by atoms with van der Waals surface area (Å²) < 4.78 is 0. The minimum absolute atomic E-state index is 0. The number of nitrogens with zero attached hydrogens (tertiary/aromatic N) is 2. The maximum atomic E-state index is 4.55. The number of hydrogen-bond acceptors (Lipinski definition) is 3. The normalized spacial score (nSPS) is 21.7. The Kier molecular flexibility index (Phi) is 7.06. The summed E-state index contributed by atoms with van der Waals surface area (Å²) in [5.74, 6) is 1.70. The largest absolute Gasteiger partial charge is 0.356 e. The maximum absolute atomic E-state index is 4.55. The van der Waals surface area contributed by atoms with E-state index in [0.717, 1.165) is 31.3 Å². The monoisotopic (exact) mass is 394 g/mol. The SMILES string of the molecule is CCc1nc(CCNC(=NC)NC2CC2C)cs1.I. The van der Waals surface area contributed by atoms with Crippen molar-refractivity contribution >= 4 is 41.3 Å². The highest BCUT2D eigenvalue weighted by Gasteiger charge is 2.33. The predicted molar refractivity (Wildman–Crippen MR) is 92.7 cm³/mol. The zero-order valence-electron chi connectivity index (χ0n) is 11.8. The lowest BCUT2D eigenvalue weighted by molar-refractivity contribution is 0.753. The number of hydrogen-bond donors (Lipinski definition) is 2. The molecule has 1 fully saturated rings. The summed E-state index contributed by atoms with van der Waals surface area (Å²) in [5.41, 5.74) is 1.18. The van der Waals surface area contributed by atoms with E-state index in [4.69, 9.17) is 0 Å². The fraction of sp³-hybridized carbons (Fsp3) is 0.692. The van der Waals surface area contributed by atoms with Crippen LogP contribution in [0.4, 0.5) is 0 Å². The minimum Gasteiger partial charge on any atom is -0.356 e. The highest BCUT2D eigenvalue weighted by molar-refractivity contribution is 14.0. The number of aryl methyl sites for hydroxylation is 1. The van der Waals surface area contributed by atoms with E-state index in [-0.39, 0.29) is 24.0 Å². The second-order valence-electron chi connectivity index (χ2n) is 4.80. The van der Waals surface area contributed by atoms with Crippen molar-refractivity contribution < 1.29 is 0 Å². The number of aromatic nitrogens is 1. The van der Waals surface area contributed by atoms with Crippen LogP contribution in [0.1, 0.15) is 31.0 Å². The van der Waals surface area contributed by atoms with E-state index in [2.05, 4.69) is 39.8 Å². The van der Waals surface area contributed by atoms with Gasteiger partial charge in [-0.05, 0) is 18.8 Å². The standard InChI is InChI=1S/C13H22N4S.HI/c1-4-12-16-10(8-18-12)5-6-15-13(14-3)17-11-7-9(11)2;/h8-9,11H,4-7H2,1-3H3,(H2,14,15,17);1H. The molecule has 1 aromatic rings. The van der Waals surface area contributed by atoms with Crippen molar-refractivity contribution in [3.63, 3.8) is 0 Å². The van der Waals surface area contributed by atoms with Crippen LogP contribution >= 0.6 is 35.3 Å². The van der Waals surface area contributed by atoms with Gasteiger partial charge < -0.3 is 10.6 Å². The summed E-state index contributed by atoms with van der Waals surface area (Å²) in [6, 6.07) is 0.613. The first-order valence-electron chi connectivity index (χ1n) is 6.63. The molecule has 0 bridgehead atoms. The summed E-state index contributed by atoms with van der Waals surface area (Å²) in [5, 5.41) is 10.1. The van der Waals surface area contributed by atoms with Gasteiger partial charge in [0.05, 0.1) is 10.7 Å². The lowest BCUT2D eigenvalue weighted by Gasteiger charge is -2.10. The van der Waals surface area contributed by atoms with E-state index in [1.807, 2.05) is 7.05 Å². The molecular formula is C13H23IN4S. The Labute approximate surface area is 136 Å². The second kappa shape index (κ2) is 8.04. The molecule has 2 unspecified atom stereocenters. The van der Waals surface area contributed by atoms with Crippen LogP contribution in [0.2, 0.25) is 0 Å². The Hall–Kier alpha value is -0.370. The van der Waals surface area contributed by atoms with Crippen molar-refractivity contribution in [2.45, 2.75) is 39.2 Å². The molecule has 2 rings (SSSR count). The first-order chi connectivity index (χ1) is 8.72. The molecule has 1 heterocycles. The van der Waals surface area contributed by atoms with E-state index < -0.39 is 0 Å². The van der Waals surface area contributed by atoms with Gasteiger partial charge in [0.15, 0.2) is 5.96 Å². The predicted octanol–water partition coefficient (Wildman–Crippen LogP) is 2.44. The Morgan fingerprint density at radius 3 is 2.84 bits per heavy atom. The van der Waals surface area contributed by atoms with Crippen molar-refractivity contribution in [2.24, 2.45) is 10.9 Å². The molecule has 0 saturated heterocycles. The van der Waals surface area contributed by atoms with Crippen molar-refractivity contribution in [3.05, 3.63) is 16.1 Å². The second-order valence-corrected chi connectivity index (χ2v) is 5.74. The zero-order chi connectivity index (χ0) is 13.0. The van der Waals surface area contributed by atoms with Gasteiger partial charge >= 0.3 is 0 Å². The maximum Gasteiger partial charge on any atom is 0.191 e. The van der Waals surface area contributed by atoms with Gasteiger partial charge in [0.1, 0.15) is 0 Å². The van der Waals surface area contributed by atoms with Crippen LogP contribution in [0.3, 0.4) is 0 Å². The molecule has 1 aromatic heterocycles. The van der Waals surface area contributed by atoms with Crippen molar-refractivity contribution in [1.82, 2.24) is 15.6 Å². The van der Waals surface area contributed by atoms with Crippen LogP contribution in [-0.2, 0) is 12.8 Å². The number of rotatable bonds is 5. The highest BCUT2D eigenvalue weighted by Crippen LogP contribution is 2.28. The first kappa shape index (κ1) is 16.7. The van der Waals surface area contributed by atoms with Crippen LogP contribution in [-0.4, -0.2) is 30.6 Å². The van der Waals surface area contributed by atoms with E-state index in [0.29, 0.717) is 6.04 Å². The third kappa shape index (κ3) is 5.25. The van der Waals surface area contributed by atoms with Gasteiger partial charge in [0, 0.05) is 31.4 Å². The quantitative estimate of drug-likeness (QED) is 0.458. The number of guanidine groups is 1. The molecule has 6 heteroatoms. The van der Waals surface area contributed by atoms with Crippen LogP contribution in [0.5, 0.6) is 0 Å². The fourth-order valence-electron chi connectivity index (χ4n) is 1.83. The van der Waals surface area contributed by atoms with Gasteiger partial charge in [-0.2, -0.15) is 0 Å². The Bertz CT molecular complexity index is 419. The van der Waals surface area contributed by atoms with Crippen LogP contribution in [0.25, 0.3) is 0 Å². The molecular weight excluding hydrogens is 371 g/mol. The van der Waals surface area contributed by atoms with Crippen molar-refractivity contribution in [2.75, 3.05) is 13.6 Å². The van der Waals surface area contributed by atoms with E-state index >= 15 is 0 Å². The van der Waals surface area contributed by atoms with E-state index in [9.17, 15) is 0 Å². The number of aliphatic imine (C=N–C) groups is 1. The van der Waals surface area contributed by atoms with Crippen LogP contribution < -0.4 is 10.6 Å². The van der Waals surface area contributed by atoms with Crippen LogP contribution in [0, 0.1) is 5.92 Å². The zero-order valence-corrected chi connectivity index (χ0v) is 14.9. The van der Waals surface area contributed by atoms with Gasteiger partial charge in [-0.25, -0.2) is 4.98 Å². The molecule has 0 spiro atoms. The summed E-state index contributed by atoms with van der Waals surface area (Å²) >= 11 is 1.75. The lowest BCUT2D eigenvalue weighted by Crippen LogP contribution is -2.39. The molecule has 0 aromatic carbocycles. The third-order valence-electron chi connectivity index (χ3n) is 3.23. The molecule has 19 heavy (non-hydrogen) atoms. The van der Waals surface area contributed by atoms with Gasteiger partial charge in [0.2, 0.25) is 0 Å². The molecule has 1 aliphatic carbocycles. The van der Waals surface area contributed by atoms with Gasteiger partial charge in [-0.3, -0.25) is 4.99 Å². The van der Waals surface area contributed by atoms with Crippen molar-refractivity contribution in [3.8, 4) is 0 Å². The molecule has 1 aliphatic rings. The number of thiazole rings is 1. The molecule has 4 nitrogen and oxygen atoms in total. The smallest absolute Gasteiger partial charge is 0.191 e. The van der Waals surface area contributed by atoms with E-state index in [1.54, 1.807) is 11.3 Å². The third-order valence-corrected chi connectivity index (χ3v) is 4.27. The summed E-state index contributed by atoms with van der Waals surface area (Å²) in [6.07, 6.45) is 3.24. The molecule has 1 saturated carbocycles. The Morgan fingerprint density at radius 2 is 2.32 bits per heavy atom. The lowest BCUT2D eigenvalue weighted by atomic mass is 10.3. The number of halogens is 1. The topological polar surface area (TPSA) is 49.3 Å². The van der Waals surface area contributed by atoms with E-state index in [1.165, 1.54) is 17.1 Å². The summed E-state index contributed by atoms with van der Waals surface area (Å²) in [6.45, 7) is 5.28. The summed E-state index contributed by atoms with van der Waals surface area (Å²) in [4.78, 5) is 8.79. The summed E-state index contributed by atoms with van der Waals surface area (Å²) in [7, 11) is 1.82. The minimum atomic E-state index is 0. The molecule has 2 N–H and O–H groups in total. The fourth-order valence-corrected chi connectivity index (χ4v) is 2.61. The molecule has 0 amide bonds. The average Bonchev–Trinajstić information content (AvgIpc) is 2.90. The first-order valence-corrected chi connectivity index (χ1v) is 7.51. The Balaban J connectivity index is 0.00000180. The molecule has 0 radical (unpaired) electrons. The van der Waals surface area contributed by atoms with Gasteiger partial charge in [-0.15, -0.1) is 35.3 Å². The molecule has 108 valence electrons. The Morgan fingerprint density at radius 1 is 1.58 bits per heavy atom. The number of nitrogens with one attached hydrogen (secondary N) is 2. The van der Waals surface area contributed by atoms with Gasteiger partial charge in [-0.1, -0.05) is 13.8 Å². The van der Waals surface area contributed by atoms with Gasteiger partial charge in [0.25, 0.3) is 0 Å².